The Labute approximate surface area is 68.4 Å². The van der Waals surface area contributed by atoms with E-state index in [1.165, 1.54) is 22.4 Å². The minimum absolute atomic E-state index is 1.32. The summed E-state index contributed by atoms with van der Waals surface area (Å²) in [5.74, 6) is 0. The van der Waals surface area contributed by atoms with Crippen LogP contribution in [-0.2, 0) is 0 Å². The van der Waals surface area contributed by atoms with Gasteiger partial charge in [0.2, 0.25) is 0 Å². The number of hydrogen-bond acceptors (Lipinski definition) is 0. The maximum atomic E-state index is 2.22. The Balaban J connectivity index is 3.21. The molecule has 0 saturated carbocycles. The van der Waals surface area contributed by atoms with E-state index >= 15 is 0 Å². The number of hydrogen-bond donors (Lipinski definition) is 1. The molecule has 1 nitrogen and oxygen atoms in total. The van der Waals surface area contributed by atoms with E-state index in [0.29, 0.717) is 0 Å². The van der Waals surface area contributed by atoms with Gasteiger partial charge in [-0.25, -0.2) is 0 Å². The molecule has 0 aliphatic rings. The van der Waals surface area contributed by atoms with Crippen LogP contribution in [0.15, 0.2) is 12.1 Å². The van der Waals surface area contributed by atoms with Crippen molar-refractivity contribution in [3.63, 3.8) is 0 Å². The summed E-state index contributed by atoms with van der Waals surface area (Å²) in [6.07, 6.45) is 0. The minimum Gasteiger partial charge on any atom is -0.316 e. The molecule has 60 valence electrons. The molecule has 0 amide bonds. The lowest BCUT2D eigenvalue weighted by molar-refractivity contribution is -0.539. The van der Waals surface area contributed by atoms with E-state index in [1.54, 1.807) is 0 Å². The van der Waals surface area contributed by atoms with Gasteiger partial charge in [0.15, 0.2) is 0 Å². The average molecular weight is 150 g/mol. The molecule has 0 heterocycles. The first-order chi connectivity index (χ1) is 5.15. The Morgan fingerprint density at radius 3 is 1.82 bits per heavy atom. The summed E-state index contributed by atoms with van der Waals surface area (Å²) in [7, 11) is 2.07. The van der Waals surface area contributed by atoms with Gasteiger partial charge in [-0.05, 0) is 37.5 Å². The van der Waals surface area contributed by atoms with Crippen LogP contribution in [0.3, 0.4) is 0 Å². The maximum absolute atomic E-state index is 2.22. The fourth-order valence-electron chi connectivity index (χ4n) is 1.24. The van der Waals surface area contributed by atoms with Crippen LogP contribution >= 0.6 is 0 Å². The summed E-state index contributed by atoms with van der Waals surface area (Å²) in [5.41, 5.74) is 5.51. The third-order valence-corrected chi connectivity index (χ3v) is 2.28. The highest BCUT2D eigenvalue weighted by Gasteiger charge is 2.00. The standard InChI is InChI=1S/C10H15N/c1-7-5-10(11-4)6-8(2)9(7)3/h5-6,11H,1-4H3/p+1. The van der Waals surface area contributed by atoms with Crippen LogP contribution in [0.4, 0.5) is 5.69 Å². The Bertz CT molecular complexity index is 241. The second-order valence-corrected chi connectivity index (χ2v) is 3.07. The van der Waals surface area contributed by atoms with Crippen LogP contribution in [0.2, 0.25) is 0 Å². The zero-order valence-electron chi connectivity index (χ0n) is 7.73. The summed E-state index contributed by atoms with van der Waals surface area (Å²) < 4.78 is 0. The Hall–Kier alpha value is -0.820. The molecule has 1 aromatic carbocycles. The molecule has 0 aliphatic heterocycles. The van der Waals surface area contributed by atoms with Gasteiger partial charge in [-0.1, -0.05) is 0 Å². The lowest BCUT2D eigenvalue weighted by Gasteiger charge is -2.04. The summed E-state index contributed by atoms with van der Waals surface area (Å²) in [5, 5.41) is 2.14. The van der Waals surface area contributed by atoms with Crippen molar-refractivity contribution in [3.8, 4) is 0 Å². The van der Waals surface area contributed by atoms with Crippen molar-refractivity contribution in [3.05, 3.63) is 28.8 Å². The highest BCUT2D eigenvalue weighted by atomic mass is 14.8. The lowest BCUT2D eigenvalue weighted by Crippen LogP contribution is -2.72. The van der Waals surface area contributed by atoms with Crippen molar-refractivity contribution >= 4 is 5.69 Å². The van der Waals surface area contributed by atoms with Gasteiger partial charge in [0, 0.05) is 12.1 Å². The molecule has 0 spiro atoms. The second-order valence-electron chi connectivity index (χ2n) is 3.07. The van der Waals surface area contributed by atoms with E-state index in [0.717, 1.165) is 0 Å². The molecule has 0 unspecified atom stereocenters. The van der Waals surface area contributed by atoms with Crippen molar-refractivity contribution < 1.29 is 5.32 Å². The predicted octanol–water partition coefficient (Wildman–Crippen LogP) is 1.44. The molecule has 0 aliphatic carbocycles. The quantitative estimate of drug-likeness (QED) is 0.583. The monoisotopic (exact) mass is 150 g/mol. The topological polar surface area (TPSA) is 16.6 Å². The van der Waals surface area contributed by atoms with Crippen LogP contribution in [0.1, 0.15) is 16.7 Å². The van der Waals surface area contributed by atoms with E-state index in [1.807, 2.05) is 0 Å². The van der Waals surface area contributed by atoms with E-state index < -0.39 is 0 Å². The van der Waals surface area contributed by atoms with Crippen molar-refractivity contribution in [2.75, 3.05) is 7.05 Å². The van der Waals surface area contributed by atoms with Gasteiger partial charge in [-0.15, -0.1) is 0 Å². The summed E-state index contributed by atoms with van der Waals surface area (Å²) in [6.45, 7) is 6.49. The fraction of sp³-hybridized carbons (Fsp3) is 0.400. The smallest absolute Gasteiger partial charge is 0.129 e. The van der Waals surface area contributed by atoms with Gasteiger partial charge < -0.3 is 5.32 Å². The van der Waals surface area contributed by atoms with Crippen molar-refractivity contribution in [1.82, 2.24) is 0 Å². The van der Waals surface area contributed by atoms with Gasteiger partial charge in [-0.3, -0.25) is 0 Å². The maximum Gasteiger partial charge on any atom is 0.129 e. The van der Waals surface area contributed by atoms with Gasteiger partial charge in [0.1, 0.15) is 5.69 Å². The molecule has 0 saturated heterocycles. The van der Waals surface area contributed by atoms with Crippen LogP contribution < -0.4 is 5.32 Å². The molecular formula is C10H16N+. The number of aryl methyl sites for hydroxylation is 2. The van der Waals surface area contributed by atoms with Crippen LogP contribution in [-0.4, -0.2) is 7.05 Å². The number of benzene rings is 1. The van der Waals surface area contributed by atoms with Gasteiger partial charge >= 0.3 is 0 Å². The van der Waals surface area contributed by atoms with Crippen LogP contribution in [0.5, 0.6) is 0 Å². The van der Waals surface area contributed by atoms with Crippen molar-refractivity contribution in [2.45, 2.75) is 20.8 Å². The van der Waals surface area contributed by atoms with Crippen molar-refractivity contribution in [1.29, 1.82) is 0 Å². The molecule has 0 fully saturated rings. The molecule has 2 N–H and O–H groups in total. The first kappa shape index (κ1) is 8.28. The predicted molar refractivity (Wildman–Crippen MR) is 48.2 cm³/mol. The van der Waals surface area contributed by atoms with E-state index in [-0.39, 0.29) is 0 Å². The molecule has 0 radical (unpaired) electrons. The Morgan fingerprint density at radius 1 is 1.00 bits per heavy atom. The number of rotatable bonds is 1. The molecule has 1 aromatic rings. The summed E-state index contributed by atoms with van der Waals surface area (Å²) >= 11 is 0. The second kappa shape index (κ2) is 3.05. The van der Waals surface area contributed by atoms with E-state index in [2.05, 4.69) is 45.3 Å². The summed E-state index contributed by atoms with van der Waals surface area (Å²) in [6, 6.07) is 4.45. The molecule has 0 atom stereocenters. The highest BCUT2D eigenvalue weighted by molar-refractivity contribution is 5.43. The van der Waals surface area contributed by atoms with E-state index in [9.17, 15) is 0 Å². The number of nitrogens with two attached hydrogens (primary N) is 1. The third-order valence-electron chi connectivity index (χ3n) is 2.28. The zero-order chi connectivity index (χ0) is 8.43. The molecule has 1 rings (SSSR count). The third kappa shape index (κ3) is 1.60. The van der Waals surface area contributed by atoms with Crippen LogP contribution in [0, 0.1) is 20.8 Å². The summed E-state index contributed by atoms with van der Waals surface area (Å²) in [4.78, 5) is 0. The Morgan fingerprint density at radius 2 is 1.45 bits per heavy atom. The molecule has 0 bridgehead atoms. The van der Waals surface area contributed by atoms with Gasteiger partial charge in [0.25, 0.3) is 0 Å². The average Bonchev–Trinajstić information content (AvgIpc) is 1.99. The van der Waals surface area contributed by atoms with Crippen LogP contribution in [0.25, 0.3) is 0 Å². The normalized spacial score (nSPS) is 10.2. The SMILES string of the molecule is C[NH2+]c1cc(C)c(C)c(C)c1. The molecule has 0 aromatic heterocycles. The molecule has 1 heteroatoms. The first-order valence-corrected chi connectivity index (χ1v) is 4.02. The largest absolute Gasteiger partial charge is 0.316 e. The van der Waals surface area contributed by atoms with Gasteiger partial charge in [0.05, 0.1) is 7.05 Å². The Kier molecular flexibility index (Phi) is 2.30. The molecule has 11 heavy (non-hydrogen) atoms. The fourth-order valence-corrected chi connectivity index (χ4v) is 1.24. The van der Waals surface area contributed by atoms with E-state index in [4.69, 9.17) is 0 Å². The zero-order valence-corrected chi connectivity index (χ0v) is 7.73. The van der Waals surface area contributed by atoms with Gasteiger partial charge in [-0.2, -0.15) is 0 Å². The lowest BCUT2D eigenvalue weighted by atomic mass is 10.0. The number of quaternary nitrogens is 1. The van der Waals surface area contributed by atoms with Crippen molar-refractivity contribution in [2.24, 2.45) is 0 Å². The highest BCUT2D eigenvalue weighted by Crippen LogP contribution is 2.15. The molecular weight excluding hydrogens is 134 g/mol. The first-order valence-electron chi connectivity index (χ1n) is 4.02. The minimum atomic E-state index is 1.32.